The van der Waals surface area contributed by atoms with E-state index in [9.17, 15) is 8.42 Å². The minimum atomic E-state index is -3.48. The summed E-state index contributed by atoms with van der Waals surface area (Å²) in [5.41, 5.74) is 0. The molecule has 1 heterocycles. The van der Waals surface area contributed by atoms with Crippen molar-refractivity contribution in [3.8, 4) is 0 Å². The number of rotatable bonds is 10. The van der Waals surface area contributed by atoms with Crippen molar-refractivity contribution in [1.82, 2.24) is 19.8 Å². The van der Waals surface area contributed by atoms with Gasteiger partial charge in [0.25, 0.3) is 0 Å². The van der Waals surface area contributed by atoms with E-state index in [0.717, 1.165) is 13.0 Å². The molecular weight excluding hydrogens is 280 g/mol. The van der Waals surface area contributed by atoms with E-state index in [1.165, 1.54) is 13.3 Å². The Bertz CT molecular complexity index is 485. The van der Waals surface area contributed by atoms with Crippen molar-refractivity contribution in [2.75, 3.05) is 26.8 Å². The van der Waals surface area contributed by atoms with E-state index in [1.54, 1.807) is 10.9 Å². The van der Waals surface area contributed by atoms with E-state index in [0.29, 0.717) is 19.2 Å². The zero-order valence-electron chi connectivity index (χ0n) is 12.3. The van der Waals surface area contributed by atoms with Gasteiger partial charge in [-0.1, -0.05) is 13.8 Å². The summed E-state index contributed by atoms with van der Waals surface area (Å²) in [4.78, 5) is 0.186. The number of sulfonamides is 1. The third-order valence-electron chi connectivity index (χ3n) is 2.63. The van der Waals surface area contributed by atoms with E-state index in [4.69, 9.17) is 4.74 Å². The van der Waals surface area contributed by atoms with Crippen LogP contribution in [-0.2, 0) is 21.3 Å². The van der Waals surface area contributed by atoms with E-state index >= 15 is 0 Å². The summed E-state index contributed by atoms with van der Waals surface area (Å²) in [7, 11) is -1.96. The number of hydrogen-bond donors (Lipinski definition) is 2. The molecule has 0 amide bonds. The van der Waals surface area contributed by atoms with Crippen molar-refractivity contribution in [2.24, 2.45) is 0 Å². The lowest BCUT2D eigenvalue weighted by molar-refractivity contribution is 0.204. The van der Waals surface area contributed by atoms with Crippen molar-refractivity contribution in [2.45, 2.75) is 37.8 Å². The fourth-order valence-electron chi connectivity index (χ4n) is 1.60. The second-order valence-corrected chi connectivity index (χ2v) is 6.56. The zero-order chi connectivity index (χ0) is 15.0. The Balaban J connectivity index is 2.45. The van der Waals surface area contributed by atoms with Crippen LogP contribution in [0, 0.1) is 0 Å². The fourth-order valence-corrected chi connectivity index (χ4v) is 2.56. The van der Waals surface area contributed by atoms with Gasteiger partial charge in [-0.15, -0.1) is 0 Å². The van der Waals surface area contributed by atoms with E-state index in [-0.39, 0.29) is 11.4 Å². The largest absolute Gasteiger partial charge is 0.383 e. The van der Waals surface area contributed by atoms with Gasteiger partial charge in [0.15, 0.2) is 0 Å². The molecule has 2 N–H and O–H groups in total. The second kappa shape index (κ2) is 8.35. The van der Waals surface area contributed by atoms with Crippen LogP contribution in [0.15, 0.2) is 17.3 Å². The number of aryl methyl sites for hydroxylation is 1. The third kappa shape index (κ3) is 6.00. The van der Waals surface area contributed by atoms with Gasteiger partial charge in [0.1, 0.15) is 4.90 Å². The second-order valence-electron chi connectivity index (χ2n) is 4.79. The van der Waals surface area contributed by atoms with Gasteiger partial charge in [0.05, 0.1) is 12.8 Å². The van der Waals surface area contributed by atoms with Crippen LogP contribution in [0.3, 0.4) is 0 Å². The topological polar surface area (TPSA) is 85.2 Å². The van der Waals surface area contributed by atoms with Crippen molar-refractivity contribution in [3.05, 3.63) is 12.4 Å². The van der Waals surface area contributed by atoms with Gasteiger partial charge in [0.2, 0.25) is 10.0 Å². The first-order chi connectivity index (χ1) is 9.45. The van der Waals surface area contributed by atoms with Crippen molar-refractivity contribution >= 4 is 10.0 Å². The molecular formula is C12H24N4O3S. The lowest BCUT2D eigenvalue weighted by Crippen LogP contribution is -2.27. The molecule has 1 aromatic rings. The summed E-state index contributed by atoms with van der Waals surface area (Å²) in [6.45, 7) is 6.34. The molecule has 116 valence electrons. The van der Waals surface area contributed by atoms with Crippen molar-refractivity contribution in [1.29, 1.82) is 0 Å². The number of aromatic nitrogens is 2. The highest BCUT2D eigenvalue weighted by molar-refractivity contribution is 7.89. The van der Waals surface area contributed by atoms with Gasteiger partial charge < -0.3 is 10.1 Å². The van der Waals surface area contributed by atoms with Crippen LogP contribution < -0.4 is 10.0 Å². The smallest absolute Gasteiger partial charge is 0.243 e. The summed E-state index contributed by atoms with van der Waals surface area (Å²) < 4.78 is 32.7. The minimum absolute atomic E-state index is 0.186. The first-order valence-corrected chi connectivity index (χ1v) is 8.18. The van der Waals surface area contributed by atoms with Crippen LogP contribution in [0.1, 0.15) is 20.3 Å². The Morgan fingerprint density at radius 2 is 2.15 bits per heavy atom. The maximum atomic E-state index is 11.9. The van der Waals surface area contributed by atoms with Crippen molar-refractivity contribution < 1.29 is 13.2 Å². The summed E-state index contributed by atoms with van der Waals surface area (Å²) in [5.74, 6) is 0. The average Bonchev–Trinajstić information content (AvgIpc) is 2.84. The quantitative estimate of drug-likeness (QED) is 0.603. The molecule has 0 aliphatic carbocycles. The maximum Gasteiger partial charge on any atom is 0.243 e. The predicted octanol–water partition coefficient (Wildman–Crippen LogP) is 0.196. The molecule has 0 aromatic carbocycles. The molecule has 0 atom stereocenters. The van der Waals surface area contributed by atoms with Crippen LogP contribution in [0.4, 0.5) is 0 Å². The molecule has 0 spiro atoms. The van der Waals surface area contributed by atoms with E-state index < -0.39 is 10.0 Å². The molecule has 0 unspecified atom stereocenters. The summed E-state index contributed by atoms with van der Waals surface area (Å²) in [6.07, 6.45) is 3.81. The number of nitrogens with one attached hydrogen (secondary N) is 2. The highest BCUT2D eigenvalue weighted by Crippen LogP contribution is 2.06. The molecule has 20 heavy (non-hydrogen) atoms. The van der Waals surface area contributed by atoms with Crippen LogP contribution >= 0.6 is 0 Å². The Kier molecular flexibility index (Phi) is 7.14. The lowest BCUT2D eigenvalue weighted by atomic mass is 10.3. The summed E-state index contributed by atoms with van der Waals surface area (Å²) in [6, 6.07) is 0.452. The number of nitrogens with zero attached hydrogens (tertiary/aromatic N) is 2. The molecule has 0 aliphatic rings. The highest BCUT2D eigenvalue weighted by atomic mass is 32.2. The van der Waals surface area contributed by atoms with Crippen LogP contribution in [0.2, 0.25) is 0 Å². The van der Waals surface area contributed by atoms with E-state index in [2.05, 4.69) is 29.0 Å². The number of hydrogen-bond acceptors (Lipinski definition) is 5. The highest BCUT2D eigenvalue weighted by Gasteiger charge is 2.15. The molecule has 0 bridgehead atoms. The SMILES string of the molecule is COCCNS(=O)(=O)c1cnn(CCCNC(C)C)c1. The monoisotopic (exact) mass is 304 g/mol. The van der Waals surface area contributed by atoms with Crippen LogP contribution in [-0.4, -0.2) is 51.0 Å². The molecule has 1 rings (SSSR count). The van der Waals surface area contributed by atoms with Gasteiger partial charge in [-0.25, -0.2) is 13.1 Å². The summed E-state index contributed by atoms with van der Waals surface area (Å²) >= 11 is 0. The van der Waals surface area contributed by atoms with Gasteiger partial charge in [-0.3, -0.25) is 4.68 Å². The lowest BCUT2D eigenvalue weighted by Gasteiger charge is -2.07. The average molecular weight is 304 g/mol. The summed E-state index contributed by atoms with van der Waals surface area (Å²) in [5, 5.41) is 7.37. The third-order valence-corrected chi connectivity index (χ3v) is 4.05. The van der Waals surface area contributed by atoms with Crippen LogP contribution in [0.5, 0.6) is 0 Å². The standard InChI is InChI=1S/C12H24N4O3S/c1-11(2)13-5-4-7-16-10-12(9-14-16)20(17,18)15-6-8-19-3/h9-11,13,15H,4-8H2,1-3H3. The van der Waals surface area contributed by atoms with Gasteiger partial charge >= 0.3 is 0 Å². The van der Waals surface area contributed by atoms with Gasteiger partial charge in [-0.2, -0.15) is 5.10 Å². The van der Waals surface area contributed by atoms with Crippen molar-refractivity contribution in [3.63, 3.8) is 0 Å². The van der Waals surface area contributed by atoms with Gasteiger partial charge in [0, 0.05) is 32.4 Å². The molecule has 0 radical (unpaired) electrons. The molecule has 0 saturated heterocycles. The molecule has 0 fully saturated rings. The van der Waals surface area contributed by atoms with Crippen LogP contribution in [0.25, 0.3) is 0 Å². The molecule has 7 nitrogen and oxygen atoms in total. The maximum absolute atomic E-state index is 11.9. The Morgan fingerprint density at radius 1 is 1.40 bits per heavy atom. The number of methoxy groups -OCH3 is 1. The minimum Gasteiger partial charge on any atom is -0.383 e. The molecule has 0 aliphatic heterocycles. The first kappa shape index (κ1) is 17.1. The normalized spacial score (nSPS) is 12.2. The Labute approximate surface area is 120 Å². The molecule has 8 heteroatoms. The zero-order valence-corrected chi connectivity index (χ0v) is 13.1. The fraction of sp³-hybridized carbons (Fsp3) is 0.750. The van der Waals surface area contributed by atoms with Gasteiger partial charge in [-0.05, 0) is 13.0 Å². The Morgan fingerprint density at radius 3 is 2.80 bits per heavy atom. The Hall–Kier alpha value is -0.960. The number of ether oxygens (including phenoxy) is 1. The predicted molar refractivity (Wildman–Crippen MR) is 77.0 cm³/mol. The molecule has 0 saturated carbocycles. The first-order valence-electron chi connectivity index (χ1n) is 6.70. The van der Waals surface area contributed by atoms with E-state index in [1.807, 2.05) is 0 Å². The molecule has 1 aromatic heterocycles.